The maximum atomic E-state index is 12.4. The minimum Gasteiger partial charge on any atom is -0.490 e. The number of aromatic nitrogens is 2. The Kier molecular flexibility index (Phi) is 6.04. The van der Waals surface area contributed by atoms with Crippen molar-refractivity contribution < 1.29 is 9.53 Å². The van der Waals surface area contributed by atoms with Crippen molar-refractivity contribution in [3.8, 4) is 5.75 Å². The molecule has 2 heterocycles. The van der Waals surface area contributed by atoms with Gasteiger partial charge in [-0.25, -0.2) is 9.78 Å². The first-order valence-corrected chi connectivity index (χ1v) is 10.4. The first-order valence-electron chi connectivity index (χ1n) is 10.4. The second kappa shape index (κ2) is 9.04. The van der Waals surface area contributed by atoms with Crippen LogP contribution in [-0.2, 0) is 0 Å². The van der Waals surface area contributed by atoms with Gasteiger partial charge in [0.05, 0.1) is 6.20 Å². The van der Waals surface area contributed by atoms with Gasteiger partial charge in [-0.05, 0) is 36.5 Å². The van der Waals surface area contributed by atoms with Crippen molar-refractivity contribution >= 4 is 11.8 Å². The van der Waals surface area contributed by atoms with Gasteiger partial charge in [-0.2, -0.15) is 0 Å². The summed E-state index contributed by atoms with van der Waals surface area (Å²) in [5, 5.41) is 2.79. The van der Waals surface area contributed by atoms with Crippen LogP contribution < -0.4 is 10.1 Å². The smallest absolute Gasteiger partial charge is 0.323 e. The molecular weight excluding hydrogens is 352 g/mol. The fraction of sp³-hybridized carbons (Fsp3) is 0.500. The predicted molar refractivity (Wildman–Crippen MR) is 109 cm³/mol. The Morgan fingerprint density at radius 2 is 1.89 bits per heavy atom. The van der Waals surface area contributed by atoms with Crippen LogP contribution in [-0.4, -0.2) is 40.1 Å². The molecule has 0 radical (unpaired) electrons. The monoisotopic (exact) mass is 380 g/mol. The molecule has 28 heavy (non-hydrogen) atoms. The van der Waals surface area contributed by atoms with Crippen LogP contribution in [0.5, 0.6) is 5.75 Å². The number of nitrogens with one attached hydrogen (secondary N) is 1. The van der Waals surface area contributed by atoms with Gasteiger partial charge in [0.2, 0.25) is 0 Å². The molecule has 1 aromatic heterocycles. The number of hydrogen-bond donors (Lipinski definition) is 1. The molecule has 4 rings (SSSR count). The summed E-state index contributed by atoms with van der Waals surface area (Å²) in [6.07, 6.45) is 13.2. The Morgan fingerprint density at radius 3 is 2.64 bits per heavy atom. The van der Waals surface area contributed by atoms with E-state index in [4.69, 9.17) is 4.74 Å². The SMILES string of the molecule is O=C(Nc1cnccn1)N1CCC(Oc2cccc(C3CCCCC3)c2)CC1. The topological polar surface area (TPSA) is 67.4 Å². The Bertz CT molecular complexity index is 769. The van der Waals surface area contributed by atoms with Crippen LogP contribution in [0.1, 0.15) is 56.4 Å². The summed E-state index contributed by atoms with van der Waals surface area (Å²) in [7, 11) is 0. The first-order chi connectivity index (χ1) is 13.8. The number of carbonyl (C=O) groups is 1. The number of piperidine rings is 1. The van der Waals surface area contributed by atoms with Crippen molar-refractivity contribution in [2.45, 2.75) is 57.0 Å². The van der Waals surface area contributed by atoms with Crippen molar-refractivity contribution in [3.05, 3.63) is 48.4 Å². The van der Waals surface area contributed by atoms with E-state index >= 15 is 0 Å². The average Bonchev–Trinajstić information content (AvgIpc) is 2.76. The molecule has 148 valence electrons. The molecule has 2 aromatic rings. The fourth-order valence-electron chi connectivity index (χ4n) is 4.20. The zero-order valence-electron chi connectivity index (χ0n) is 16.2. The number of nitrogens with zero attached hydrogens (tertiary/aromatic N) is 3. The van der Waals surface area contributed by atoms with E-state index in [1.165, 1.54) is 37.7 Å². The average molecular weight is 380 g/mol. The van der Waals surface area contributed by atoms with Gasteiger partial charge < -0.3 is 9.64 Å². The number of rotatable bonds is 4. The summed E-state index contributed by atoms with van der Waals surface area (Å²) in [5.41, 5.74) is 1.41. The van der Waals surface area contributed by atoms with E-state index in [-0.39, 0.29) is 12.1 Å². The molecule has 2 amide bonds. The van der Waals surface area contributed by atoms with Crippen LogP contribution in [0.25, 0.3) is 0 Å². The van der Waals surface area contributed by atoms with Gasteiger partial charge in [0.25, 0.3) is 0 Å². The molecule has 6 nitrogen and oxygen atoms in total. The molecule has 2 aliphatic rings. The second-order valence-corrected chi connectivity index (χ2v) is 7.73. The summed E-state index contributed by atoms with van der Waals surface area (Å²) in [6.45, 7) is 1.36. The van der Waals surface area contributed by atoms with Crippen LogP contribution in [0.15, 0.2) is 42.9 Å². The molecule has 1 saturated carbocycles. The number of benzene rings is 1. The number of likely N-dealkylation sites (tertiary alicyclic amines) is 1. The molecule has 0 bridgehead atoms. The van der Waals surface area contributed by atoms with E-state index in [9.17, 15) is 4.79 Å². The normalized spacial score (nSPS) is 18.6. The summed E-state index contributed by atoms with van der Waals surface area (Å²) < 4.78 is 6.25. The maximum Gasteiger partial charge on any atom is 0.323 e. The third-order valence-electron chi connectivity index (χ3n) is 5.76. The molecule has 0 spiro atoms. The third kappa shape index (κ3) is 4.80. The van der Waals surface area contributed by atoms with Gasteiger partial charge >= 0.3 is 6.03 Å². The number of amides is 2. The summed E-state index contributed by atoms with van der Waals surface area (Å²) in [4.78, 5) is 22.2. The lowest BCUT2D eigenvalue weighted by Gasteiger charge is -2.32. The highest BCUT2D eigenvalue weighted by Crippen LogP contribution is 2.34. The molecule has 1 aromatic carbocycles. The first kappa shape index (κ1) is 18.7. The lowest BCUT2D eigenvalue weighted by atomic mass is 9.84. The van der Waals surface area contributed by atoms with Gasteiger partial charge in [0, 0.05) is 38.3 Å². The van der Waals surface area contributed by atoms with E-state index in [2.05, 4.69) is 39.6 Å². The highest BCUT2D eigenvalue weighted by atomic mass is 16.5. The van der Waals surface area contributed by atoms with Crippen LogP contribution in [0.2, 0.25) is 0 Å². The van der Waals surface area contributed by atoms with E-state index in [1.54, 1.807) is 18.6 Å². The third-order valence-corrected chi connectivity index (χ3v) is 5.76. The number of hydrogen-bond acceptors (Lipinski definition) is 4. The molecule has 1 saturated heterocycles. The van der Waals surface area contributed by atoms with Gasteiger partial charge in [0.1, 0.15) is 11.9 Å². The molecule has 1 N–H and O–H groups in total. The van der Waals surface area contributed by atoms with Gasteiger partial charge in [-0.1, -0.05) is 31.4 Å². The van der Waals surface area contributed by atoms with Gasteiger partial charge in [0.15, 0.2) is 5.82 Å². The zero-order valence-corrected chi connectivity index (χ0v) is 16.2. The zero-order chi connectivity index (χ0) is 19.2. The van der Waals surface area contributed by atoms with E-state index in [0.717, 1.165) is 18.6 Å². The van der Waals surface area contributed by atoms with E-state index in [1.807, 2.05) is 4.90 Å². The molecule has 1 aliphatic heterocycles. The number of ether oxygens (including phenoxy) is 1. The minimum absolute atomic E-state index is 0.127. The Hall–Kier alpha value is -2.63. The summed E-state index contributed by atoms with van der Waals surface area (Å²) >= 11 is 0. The largest absolute Gasteiger partial charge is 0.490 e. The Balaban J connectivity index is 1.28. The van der Waals surface area contributed by atoms with Crippen molar-refractivity contribution in [2.75, 3.05) is 18.4 Å². The highest BCUT2D eigenvalue weighted by molar-refractivity contribution is 5.88. The van der Waals surface area contributed by atoms with Crippen molar-refractivity contribution in [1.29, 1.82) is 0 Å². The van der Waals surface area contributed by atoms with E-state index < -0.39 is 0 Å². The van der Waals surface area contributed by atoms with Crippen molar-refractivity contribution in [2.24, 2.45) is 0 Å². The fourth-order valence-corrected chi connectivity index (χ4v) is 4.20. The lowest BCUT2D eigenvalue weighted by Crippen LogP contribution is -2.43. The van der Waals surface area contributed by atoms with Crippen molar-refractivity contribution in [3.63, 3.8) is 0 Å². The summed E-state index contributed by atoms with van der Waals surface area (Å²) in [5.74, 6) is 2.12. The molecular formula is C22H28N4O2. The van der Waals surface area contributed by atoms with Crippen LogP contribution in [0.3, 0.4) is 0 Å². The van der Waals surface area contributed by atoms with Crippen LogP contribution in [0, 0.1) is 0 Å². The predicted octanol–water partition coefficient (Wildman–Crippen LogP) is 4.60. The Labute approximate surface area is 166 Å². The van der Waals surface area contributed by atoms with Crippen LogP contribution in [0.4, 0.5) is 10.6 Å². The minimum atomic E-state index is -0.127. The Morgan fingerprint density at radius 1 is 1.07 bits per heavy atom. The summed E-state index contributed by atoms with van der Waals surface area (Å²) in [6, 6.07) is 8.51. The maximum absolute atomic E-state index is 12.4. The molecule has 1 aliphatic carbocycles. The van der Waals surface area contributed by atoms with Crippen molar-refractivity contribution in [1.82, 2.24) is 14.9 Å². The second-order valence-electron chi connectivity index (χ2n) is 7.73. The quantitative estimate of drug-likeness (QED) is 0.842. The molecule has 0 unspecified atom stereocenters. The standard InChI is InChI=1S/C22H28N4O2/c27-22(25-21-16-23-11-12-24-21)26-13-9-19(10-14-26)28-20-8-4-7-18(15-20)17-5-2-1-3-6-17/h4,7-8,11-12,15-17,19H,1-3,5-6,9-10,13-14H2,(H,24,25,27). The van der Waals surface area contributed by atoms with Gasteiger partial charge in [-0.15, -0.1) is 0 Å². The van der Waals surface area contributed by atoms with Gasteiger partial charge in [-0.3, -0.25) is 10.3 Å². The molecule has 6 heteroatoms. The van der Waals surface area contributed by atoms with E-state index in [0.29, 0.717) is 24.8 Å². The number of carbonyl (C=O) groups excluding carboxylic acids is 1. The lowest BCUT2D eigenvalue weighted by molar-refractivity contribution is 0.115. The van der Waals surface area contributed by atoms with Crippen LogP contribution >= 0.6 is 0 Å². The molecule has 0 atom stereocenters. The number of urea groups is 1. The number of anilines is 1. The molecule has 2 fully saturated rings. The highest BCUT2D eigenvalue weighted by Gasteiger charge is 2.24.